The molecule has 0 unspecified atom stereocenters. The zero-order valence-electron chi connectivity index (χ0n) is 6.74. The predicted octanol–water partition coefficient (Wildman–Crippen LogP) is 1.29. The molecule has 0 aromatic heterocycles. The lowest BCUT2D eigenvalue weighted by molar-refractivity contribution is 0.0981. The van der Waals surface area contributed by atoms with Gasteiger partial charge in [0.15, 0.2) is 0 Å². The number of benzene rings is 1. The Bertz CT molecular complexity index is 440. The summed E-state index contributed by atoms with van der Waals surface area (Å²) in [7, 11) is 0. The van der Waals surface area contributed by atoms with Gasteiger partial charge in [-0.15, -0.1) is 0 Å². The summed E-state index contributed by atoms with van der Waals surface area (Å²) in [5, 5.41) is 11.1. The average Bonchev–Trinajstić information content (AvgIpc) is 2.46. The number of nitrogens with one attached hydrogen (secondary N) is 1. The summed E-state index contributed by atoms with van der Waals surface area (Å²) < 4.78 is 0. The van der Waals surface area contributed by atoms with Crippen LogP contribution in [0.5, 0.6) is 0 Å². The van der Waals surface area contributed by atoms with Crippen LogP contribution in [0.2, 0.25) is 0 Å². The van der Waals surface area contributed by atoms with Gasteiger partial charge in [0.25, 0.3) is 5.91 Å². The van der Waals surface area contributed by atoms with Crippen LogP contribution < -0.4 is 5.32 Å². The van der Waals surface area contributed by atoms with E-state index in [0.717, 1.165) is 5.56 Å². The Morgan fingerprint density at radius 2 is 2.00 bits per heavy atom. The van der Waals surface area contributed by atoms with E-state index in [9.17, 15) is 4.79 Å². The Kier molecular flexibility index (Phi) is 1.60. The van der Waals surface area contributed by atoms with Crippen LogP contribution in [-0.2, 0) is 0 Å². The minimum Gasteiger partial charge on any atom is -0.321 e. The maximum absolute atomic E-state index is 11.3. The lowest BCUT2D eigenvalue weighted by Gasteiger charge is -1.94. The van der Waals surface area contributed by atoms with Crippen molar-refractivity contribution in [2.45, 2.75) is 0 Å². The van der Waals surface area contributed by atoms with Crippen LogP contribution in [-0.4, -0.2) is 5.91 Å². The fourth-order valence-corrected chi connectivity index (χ4v) is 1.35. The third kappa shape index (κ3) is 1.09. The zero-order chi connectivity index (χ0) is 9.26. The third-order valence-corrected chi connectivity index (χ3v) is 1.92. The quantitative estimate of drug-likeness (QED) is 0.596. The molecule has 62 valence electrons. The molecule has 0 spiro atoms. The van der Waals surface area contributed by atoms with Crippen molar-refractivity contribution < 1.29 is 4.79 Å². The second kappa shape index (κ2) is 2.76. The summed E-state index contributed by atoms with van der Waals surface area (Å²) in [6.45, 7) is 0. The minimum atomic E-state index is -0.142. The maximum Gasteiger partial charge on any atom is 0.256 e. The van der Waals surface area contributed by atoms with Crippen LogP contribution in [0.4, 0.5) is 0 Å². The standard InChI is InChI=1S/C10H6N2O/c11-6-5-9-7-3-1-2-4-8(7)10(13)12-9/h1-5H,(H,12,13)/b9-5-. The molecule has 1 aliphatic rings. The number of carbonyl (C=O) groups excluding carboxylic acids is 1. The summed E-state index contributed by atoms with van der Waals surface area (Å²) in [5.41, 5.74) is 2.01. The van der Waals surface area contributed by atoms with Gasteiger partial charge in [-0.05, 0) is 6.07 Å². The first kappa shape index (κ1) is 7.56. The summed E-state index contributed by atoms with van der Waals surface area (Å²) in [6.07, 6.45) is 1.34. The number of rotatable bonds is 0. The third-order valence-electron chi connectivity index (χ3n) is 1.92. The maximum atomic E-state index is 11.3. The van der Waals surface area contributed by atoms with Crippen molar-refractivity contribution in [2.24, 2.45) is 0 Å². The second-order valence-corrected chi connectivity index (χ2v) is 2.69. The normalized spacial score (nSPS) is 16.5. The van der Waals surface area contributed by atoms with Crippen molar-refractivity contribution in [1.29, 1.82) is 5.26 Å². The molecule has 0 saturated carbocycles. The SMILES string of the molecule is N#C/C=C1\NC(=O)c2ccccc21. The highest BCUT2D eigenvalue weighted by molar-refractivity contribution is 6.09. The van der Waals surface area contributed by atoms with E-state index in [1.54, 1.807) is 12.1 Å². The summed E-state index contributed by atoms with van der Waals surface area (Å²) in [6, 6.07) is 9.09. The number of carbonyl (C=O) groups is 1. The van der Waals surface area contributed by atoms with E-state index in [0.29, 0.717) is 11.3 Å². The lowest BCUT2D eigenvalue weighted by Crippen LogP contribution is -2.11. The van der Waals surface area contributed by atoms with Gasteiger partial charge in [-0.25, -0.2) is 0 Å². The van der Waals surface area contributed by atoms with E-state index in [1.807, 2.05) is 18.2 Å². The van der Waals surface area contributed by atoms with Gasteiger partial charge in [-0.3, -0.25) is 4.79 Å². The molecule has 0 saturated heterocycles. The average molecular weight is 170 g/mol. The smallest absolute Gasteiger partial charge is 0.256 e. The van der Waals surface area contributed by atoms with Gasteiger partial charge in [-0.1, -0.05) is 18.2 Å². The van der Waals surface area contributed by atoms with Gasteiger partial charge < -0.3 is 5.32 Å². The number of fused-ring (bicyclic) bond motifs is 1. The number of hydrogen-bond acceptors (Lipinski definition) is 2. The first-order chi connectivity index (χ1) is 6.33. The first-order valence-electron chi connectivity index (χ1n) is 3.83. The fraction of sp³-hybridized carbons (Fsp3) is 0. The van der Waals surface area contributed by atoms with Gasteiger partial charge in [0.2, 0.25) is 0 Å². The number of nitrogens with zero attached hydrogens (tertiary/aromatic N) is 1. The highest BCUT2D eigenvalue weighted by atomic mass is 16.1. The Morgan fingerprint density at radius 1 is 1.31 bits per heavy atom. The van der Waals surface area contributed by atoms with Crippen LogP contribution in [0, 0.1) is 11.3 Å². The van der Waals surface area contributed by atoms with E-state index in [4.69, 9.17) is 5.26 Å². The van der Waals surface area contributed by atoms with Gasteiger partial charge in [-0.2, -0.15) is 5.26 Å². The first-order valence-corrected chi connectivity index (χ1v) is 3.83. The monoisotopic (exact) mass is 170 g/mol. The lowest BCUT2D eigenvalue weighted by atomic mass is 10.1. The Balaban J connectivity index is 2.61. The van der Waals surface area contributed by atoms with Crippen LogP contribution >= 0.6 is 0 Å². The van der Waals surface area contributed by atoms with Crippen molar-refractivity contribution in [3.63, 3.8) is 0 Å². The van der Waals surface area contributed by atoms with Crippen LogP contribution in [0.3, 0.4) is 0 Å². The number of amides is 1. The van der Waals surface area contributed by atoms with Crippen LogP contribution in [0.25, 0.3) is 5.70 Å². The van der Waals surface area contributed by atoms with Crippen molar-refractivity contribution >= 4 is 11.6 Å². The molecule has 1 N–H and O–H groups in total. The Labute approximate surface area is 75.3 Å². The molecule has 1 aliphatic heterocycles. The van der Waals surface area contributed by atoms with E-state index >= 15 is 0 Å². The molecule has 13 heavy (non-hydrogen) atoms. The number of hydrogen-bond donors (Lipinski definition) is 1. The molecule has 3 nitrogen and oxygen atoms in total. The topological polar surface area (TPSA) is 52.9 Å². The summed E-state index contributed by atoms with van der Waals surface area (Å²) in [4.78, 5) is 11.3. The number of nitriles is 1. The largest absolute Gasteiger partial charge is 0.321 e. The second-order valence-electron chi connectivity index (χ2n) is 2.69. The molecule has 0 aliphatic carbocycles. The van der Waals surface area contributed by atoms with Crippen molar-refractivity contribution in [3.05, 3.63) is 41.5 Å². The Morgan fingerprint density at radius 3 is 2.69 bits per heavy atom. The molecule has 0 fully saturated rings. The van der Waals surface area contributed by atoms with Crippen molar-refractivity contribution in [1.82, 2.24) is 5.32 Å². The molecule has 3 heteroatoms. The minimum absolute atomic E-state index is 0.142. The summed E-state index contributed by atoms with van der Waals surface area (Å²) in [5.74, 6) is -0.142. The fourth-order valence-electron chi connectivity index (χ4n) is 1.35. The molecule has 1 amide bonds. The molecule has 0 radical (unpaired) electrons. The van der Waals surface area contributed by atoms with Crippen molar-refractivity contribution in [3.8, 4) is 6.07 Å². The van der Waals surface area contributed by atoms with E-state index < -0.39 is 0 Å². The molecule has 1 aromatic rings. The predicted molar refractivity (Wildman–Crippen MR) is 47.5 cm³/mol. The van der Waals surface area contributed by atoms with Gasteiger partial charge in [0.05, 0.1) is 11.8 Å². The molecular weight excluding hydrogens is 164 g/mol. The highest BCUT2D eigenvalue weighted by Gasteiger charge is 2.22. The molecule has 0 atom stereocenters. The van der Waals surface area contributed by atoms with Gasteiger partial charge >= 0.3 is 0 Å². The highest BCUT2D eigenvalue weighted by Crippen LogP contribution is 2.23. The zero-order valence-corrected chi connectivity index (χ0v) is 6.74. The molecule has 0 bridgehead atoms. The van der Waals surface area contributed by atoms with Crippen molar-refractivity contribution in [2.75, 3.05) is 0 Å². The van der Waals surface area contributed by atoms with E-state index in [2.05, 4.69) is 5.32 Å². The molecule has 1 aromatic carbocycles. The Hall–Kier alpha value is -2.08. The van der Waals surface area contributed by atoms with E-state index in [1.165, 1.54) is 6.08 Å². The van der Waals surface area contributed by atoms with E-state index in [-0.39, 0.29) is 5.91 Å². The van der Waals surface area contributed by atoms with Crippen LogP contribution in [0.15, 0.2) is 30.3 Å². The van der Waals surface area contributed by atoms with Crippen LogP contribution in [0.1, 0.15) is 15.9 Å². The molecule has 2 rings (SSSR count). The van der Waals surface area contributed by atoms with Gasteiger partial charge in [0, 0.05) is 17.2 Å². The molecule has 1 heterocycles. The van der Waals surface area contributed by atoms with Gasteiger partial charge in [0.1, 0.15) is 0 Å². The summed E-state index contributed by atoms with van der Waals surface area (Å²) >= 11 is 0. The number of allylic oxidation sites excluding steroid dienone is 1. The molecular formula is C10H6N2O.